The molecule has 2 aliphatic rings. The number of hydrogen-bond donors (Lipinski definition) is 3. The lowest BCUT2D eigenvalue weighted by molar-refractivity contribution is -0.0130. The number of nitrogens with one attached hydrogen (secondary N) is 1. The summed E-state index contributed by atoms with van der Waals surface area (Å²) in [6.07, 6.45) is 1.93. The molecule has 0 unspecified atom stereocenters. The predicted molar refractivity (Wildman–Crippen MR) is 176 cm³/mol. The maximum absolute atomic E-state index is 14.4. The molecular formula is C34H45N5O6S. The molecule has 3 aromatic rings. The van der Waals surface area contributed by atoms with Gasteiger partial charge in [0.25, 0.3) is 15.9 Å². The molecule has 4 bridgehead atoms. The van der Waals surface area contributed by atoms with Crippen molar-refractivity contribution in [3.63, 3.8) is 0 Å². The normalized spacial score (nSPS) is 21.3. The zero-order valence-corrected chi connectivity index (χ0v) is 28.0. The molecule has 2 heterocycles. The number of ether oxygens (including phenoxy) is 1. The number of aliphatic hydroxyl groups is 2. The summed E-state index contributed by atoms with van der Waals surface area (Å²) in [4.78, 5) is 27.3. The number of amides is 1. The number of carbonyl (C=O) groups excluding carboxylic acids is 1. The highest BCUT2D eigenvalue weighted by atomic mass is 32.2. The number of fused-ring (bicyclic) bond motifs is 4. The van der Waals surface area contributed by atoms with E-state index >= 15 is 0 Å². The van der Waals surface area contributed by atoms with E-state index in [1.54, 1.807) is 18.2 Å². The Balaban J connectivity index is 1.61. The van der Waals surface area contributed by atoms with Crippen molar-refractivity contribution >= 4 is 21.9 Å². The fourth-order valence-electron chi connectivity index (χ4n) is 6.59. The number of benzene rings is 2. The fraction of sp³-hybridized carbons (Fsp3) is 0.500. The molecule has 46 heavy (non-hydrogen) atoms. The first-order chi connectivity index (χ1) is 21.8. The lowest BCUT2D eigenvalue weighted by Crippen LogP contribution is -2.60. The average Bonchev–Trinajstić information content (AvgIpc) is 2.95. The first-order valence-electron chi connectivity index (χ1n) is 15.8. The third kappa shape index (κ3) is 7.52. The van der Waals surface area contributed by atoms with E-state index in [4.69, 9.17) is 4.74 Å². The summed E-state index contributed by atoms with van der Waals surface area (Å²) < 4.78 is 36.2. The molecule has 1 amide bonds. The lowest BCUT2D eigenvalue weighted by atomic mass is 9.80. The standard InChI is InChI=1S/C34H45N5O6S/c1-22-8-6-9-23(2)31(22)29-19-30-36-33(35-29)37-46(43,44)28-11-7-10-24(16-28)32(42)39(27(21-45-30)20-34(3,4)5)26-17-25(18-26)38(12-14-40)13-15-41/h6-11,16,19,25-27,40-41H,12-15,17-18,20-21H2,1-5H3,(H,35,36,37)/t25-,26+,27-/m1/s1. The van der Waals surface area contributed by atoms with E-state index in [0.717, 1.165) is 16.7 Å². The summed E-state index contributed by atoms with van der Waals surface area (Å²) in [6, 6.07) is 13.3. The molecule has 1 aliphatic heterocycles. The lowest BCUT2D eigenvalue weighted by Gasteiger charge is -2.50. The van der Waals surface area contributed by atoms with Gasteiger partial charge in [-0.2, -0.15) is 4.98 Å². The number of nitrogens with zero attached hydrogens (tertiary/aromatic N) is 4. The van der Waals surface area contributed by atoms with E-state index in [1.165, 1.54) is 12.1 Å². The second-order valence-electron chi connectivity index (χ2n) is 13.5. The fourth-order valence-corrected chi connectivity index (χ4v) is 7.58. The van der Waals surface area contributed by atoms with Crippen molar-refractivity contribution < 1.29 is 28.2 Å². The topological polar surface area (TPSA) is 145 Å². The molecule has 1 fully saturated rings. The monoisotopic (exact) mass is 651 g/mol. The van der Waals surface area contributed by atoms with Crippen molar-refractivity contribution in [2.24, 2.45) is 5.41 Å². The number of aromatic nitrogens is 2. The first-order valence-corrected chi connectivity index (χ1v) is 17.3. The van der Waals surface area contributed by atoms with Crippen molar-refractivity contribution in [3.8, 4) is 17.1 Å². The van der Waals surface area contributed by atoms with Crippen molar-refractivity contribution in [2.75, 3.05) is 37.6 Å². The Hall–Kier alpha value is -3.58. The molecule has 1 aliphatic carbocycles. The Morgan fingerprint density at radius 3 is 2.28 bits per heavy atom. The van der Waals surface area contributed by atoms with E-state index < -0.39 is 10.0 Å². The second-order valence-corrected chi connectivity index (χ2v) is 15.2. The van der Waals surface area contributed by atoms with Gasteiger partial charge in [-0.05, 0) is 67.9 Å². The van der Waals surface area contributed by atoms with Crippen LogP contribution in [0.15, 0.2) is 53.4 Å². The Morgan fingerprint density at radius 2 is 1.65 bits per heavy atom. The van der Waals surface area contributed by atoms with Gasteiger partial charge >= 0.3 is 0 Å². The number of aryl methyl sites for hydroxylation is 2. The van der Waals surface area contributed by atoms with Crippen LogP contribution in [0.25, 0.3) is 11.3 Å². The minimum Gasteiger partial charge on any atom is -0.475 e. The number of hydrogen-bond acceptors (Lipinski definition) is 9. The summed E-state index contributed by atoms with van der Waals surface area (Å²) in [7, 11) is -4.16. The van der Waals surface area contributed by atoms with Gasteiger partial charge < -0.3 is 19.8 Å². The van der Waals surface area contributed by atoms with Crippen LogP contribution in [0.1, 0.15) is 61.5 Å². The molecule has 2 aromatic carbocycles. The average molecular weight is 652 g/mol. The number of aliphatic hydroxyl groups excluding tert-OH is 2. The van der Waals surface area contributed by atoms with E-state index in [-0.39, 0.29) is 71.6 Å². The maximum Gasteiger partial charge on any atom is 0.264 e. The van der Waals surface area contributed by atoms with E-state index in [2.05, 4.69) is 35.5 Å². The van der Waals surface area contributed by atoms with Crippen molar-refractivity contribution in [1.82, 2.24) is 19.8 Å². The number of anilines is 1. The van der Waals surface area contributed by atoms with E-state index in [0.29, 0.717) is 38.0 Å². The molecule has 1 saturated carbocycles. The zero-order valence-electron chi connectivity index (χ0n) is 27.2. The van der Waals surface area contributed by atoms with Crippen molar-refractivity contribution in [1.29, 1.82) is 0 Å². The highest BCUT2D eigenvalue weighted by Gasteiger charge is 2.43. The van der Waals surface area contributed by atoms with Gasteiger partial charge in [0, 0.05) is 42.4 Å². The minimum absolute atomic E-state index is 0.0233. The highest BCUT2D eigenvalue weighted by Crippen LogP contribution is 2.36. The van der Waals surface area contributed by atoms with Gasteiger partial charge in [-0.1, -0.05) is 45.0 Å². The SMILES string of the molecule is Cc1cccc(C)c1-c1cc2nc(n1)NS(=O)(=O)c1cccc(c1)C(=O)N([C@H]1C[C@@H](N(CCO)CCO)C1)[C@H](CC(C)(C)C)CO2. The molecule has 0 radical (unpaired) electrons. The molecule has 0 saturated heterocycles. The number of rotatable bonds is 8. The van der Waals surface area contributed by atoms with Gasteiger partial charge in [0.1, 0.15) is 6.61 Å². The highest BCUT2D eigenvalue weighted by molar-refractivity contribution is 7.92. The molecule has 248 valence electrons. The Bertz CT molecular complexity index is 1640. The quantitative estimate of drug-likeness (QED) is 0.329. The predicted octanol–water partition coefficient (Wildman–Crippen LogP) is 4.02. The molecule has 1 atom stereocenters. The zero-order chi connectivity index (χ0) is 33.2. The van der Waals surface area contributed by atoms with Crippen LogP contribution in [-0.4, -0.2) is 95.3 Å². The van der Waals surface area contributed by atoms with Gasteiger partial charge in [-0.25, -0.2) is 18.1 Å². The smallest absolute Gasteiger partial charge is 0.264 e. The number of sulfonamides is 1. The summed E-state index contributed by atoms with van der Waals surface area (Å²) in [5.74, 6) is -0.196. The summed E-state index contributed by atoms with van der Waals surface area (Å²) >= 11 is 0. The molecule has 1 aromatic heterocycles. The van der Waals surface area contributed by atoms with E-state index in [9.17, 15) is 23.4 Å². The van der Waals surface area contributed by atoms with Crippen LogP contribution in [0.5, 0.6) is 5.88 Å². The van der Waals surface area contributed by atoms with Crippen LogP contribution in [0.4, 0.5) is 5.95 Å². The Morgan fingerprint density at radius 1 is 1.00 bits per heavy atom. The van der Waals surface area contributed by atoms with Gasteiger partial charge in [0.15, 0.2) is 0 Å². The summed E-state index contributed by atoms with van der Waals surface area (Å²) in [5.41, 5.74) is 3.43. The van der Waals surface area contributed by atoms with Crippen LogP contribution in [0.2, 0.25) is 0 Å². The summed E-state index contributed by atoms with van der Waals surface area (Å²) in [6.45, 7) is 11.2. The molecule has 3 N–H and O–H groups in total. The van der Waals surface area contributed by atoms with Crippen LogP contribution >= 0.6 is 0 Å². The number of carbonyl (C=O) groups is 1. The molecule has 11 nitrogen and oxygen atoms in total. The van der Waals surface area contributed by atoms with E-state index in [1.807, 2.05) is 41.8 Å². The van der Waals surface area contributed by atoms with Gasteiger partial charge in [0.05, 0.1) is 29.8 Å². The second kappa shape index (κ2) is 13.6. The third-order valence-electron chi connectivity index (χ3n) is 8.73. The largest absolute Gasteiger partial charge is 0.475 e. The first kappa shape index (κ1) is 33.8. The molecule has 12 heteroatoms. The Kier molecular flexibility index (Phi) is 10.0. The molecular weight excluding hydrogens is 606 g/mol. The third-order valence-corrected chi connectivity index (χ3v) is 10.1. The maximum atomic E-state index is 14.4. The van der Waals surface area contributed by atoms with Crippen LogP contribution in [0, 0.1) is 19.3 Å². The van der Waals surface area contributed by atoms with Crippen LogP contribution in [-0.2, 0) is 10.0 Å². The van der Waals surface area contributed by atoms with Crippen molar-refractivity contribution in [2.45, 2.75) is 76.9 Å². The van der Waals surface area contributed by atoms with Gasteiger partial charge in [-0.15, -0.1) is 0 Å². The molecule has 5 rings (SSSR count). The van der Waals surface area contributed by atoms with Gasteiger partial charge in [0.2, 0.25) is 11.8 Å². The van der Waals surface area contributed by atoms with Crippen LogP contribution in [0.3, 0.4) is 0 Å². The van der Waals surface area contributed by atoms with Crippen molar-refractivity contribution in [3.05, 3.63) is 65.2 Å². The minimum atomic E-state index is -4.16. The van der Waals surface area contributed by atoms with Crippen LogP contribution < -0.4 is 9.46 Å². The molecule has 0 spiro atoms. The summed E-state index contributed by atoms with van der Waals surface area (Å²) in [5, 5.41) is 19.2. The van der Waals surface area contributed by atoms with Gasteiger partial charge in [-0.3, -0.25) is 9.69 Å². The Labute approximate surface area is 271 Å².